The van der Waals surface area contributed by atoms with Crippen molar-refractivity contribution in [3.63, 3.8) is 0 Å². The highest BCUT2D eigenvalue weighted by atomic mass is 19.2. The molecule has 0 bridgehead atoms. The Bertz CT molecular complexity index is 1320. The van der Waals surface area contributed by atoms with Crippen LogP contribution in [0.5, 0.6) is 0 Å². The van der Waals surface area contributed by atoms with Gasteiger partial charge in [0.25, 0.3) is 0 Å². The van der Waals surface area contributed by atoms with E-state index in [4.69, 9.17) is 0 Å². The first-order chi connectivity index (χ1) is 16.4. The highest BCUT2D eigenvalue weighted by molar-refractivity contribution is 5.99. The third-order valence-electron chi connectivity index (χ3n) is 4.46. The Morgan fingerprint density at radius 1 is 0.765 bits per heavy atom. The molecule has 2 amide bonds. The number of hydrogen-bond donors (Lipinski definition) is 4. The SMILES string of the molecule is Cc1nc(Nc2ccc(NC(=O)Nc3ccc(F)c(F)c3F)cc2)cc(Nc2ccccn2)n1. The van der Waals surface area contributed by atoms with E-state index in [0.717, 1.165) is 12.1 Å². The highest BCUT2D eigenvalue weighted by Gasteiger charge is 2.15. The maximum absolute atomic E-state index is 13.7. The molecule has 11 heteroatoms. The molecule has 4 rings (SSSR count). The Morgan fingerprint density at radius 2 is 1.47 bits per heavy atom. The lowest BCUT2D eigenvalue weighted by Gasteiger charge is -2.11. The van der Waals surface area contributed by atoms with Gasteiger partial charge in [-0.2, -0.15) is 0 Å². The summed E-state index contributed by atoms with van der Waals surface area (Å²) in [6.45, 7) is 1.76. The fraction of sp³-hybridized carbons (Fsp3) is 0.0435. The van der Waals surface area contributed by atoms with E-state index in [1.807, 2.05) is 18.2 Å². The van der Waals surface area contributed by atoms with E-state index in [1.165, 1.54) is 0 Å². The number of anilines is 6. The first-order valence-electron chi connectivity index (χ1n) is 10.00. The van der Waals surface area contributed by atoms with Crippen molar-refractivity contribution in [1.82, 2.24) is 15.0 Å². The number of aryl methyl sites for hydroxylation is 1. The standard InChI is InChI=1S/C23H18F3N7O/c1-13-28-19(12-20(29-13)33-18-4-2-3-11-27-18)30-14-5-7-15(8-6-14)31-23(34)32-17-10-9-16(24)21(25)22(17)26/h2-12H,1H3,(H2,31,32,34)(H2,27,28,29,30,33). The number of rotatable bonds is 6. The van der Waals surface area contributed by atoms with Crippen LogP contribution in [0.3, 0.4) is 0 Å². The quantitative estimate of drug-likeness (QED) is 0.271. The lowest BCUT2D eigenvalue weighted by Crippen LogP contribution is -2.20. The molecule has 0 saturated carbocycles. The molecule has 172 valence electrons. The summed E-state index contributed by atoms with van der Waals surface area (Å²) in [5.74, 6) is -2.19. The molecule has 4 aromatic rings. The van der Waals surface area contributed by atoms with Crippen LogP contribution < -0.4 is 21.3 Å². The van der Waals surface area contributed by atoms with Crippen molar-refractivity contribution >= 4 is 40.5 Å². The molecule has 8 nitrogen and oxygen atoms in total. The minimum Gasteiger partial charge on any atom is -0.340 e. The summed E-state index contributed by atoms with van der Waals surface area (Å²) in [6.07, 6.45) is 1.67. The fourth-order valence-electron chi connectivity index (χ4n) is 2.96. The molecule has 2 heterocycles. The summed E-state index contributed by atoms with van der Waals surface area (Å²) >= 11 is 0. The van der Waals surface area contributed by atoms with E-state index in [2.05, 4.69) is 36.2 Å². The van der Waals surface area contributed by atoms with Gasteiger partial charge in [-0.1, -0.05) is 6.07 Å². The van der Waals surface area contributed by atoms with Crippen molar-refractivity contribution in [2.75, 3.05) is 21.3 Å². The number of halogens is 3. The predicted molar refractivity (Wildman–Crippen MR) is 123 cm³/mol. The third kappa shape index (κ3) is 5.57. The van der Waals surface area contributed by atoms with Gasteiger partial charge in [-0.15, -0.1) is 0 Å². The lowest BCUT2D eigenvalue weighted by molar-refractivity contribution is 0.262. The van der Waals surface area contributed by atoms with Crippen molar-refractivity contribution < 1.29 is 18.0 Å². The highest BCUT2D eigenvalue weighted by Crippen LogP contribution is 2.22. The number of carbonyl (C=O) groups is 1. The lowest BCUT2D eigenvalue weighted by atomic mass is 10.2. The Morgan fingerprint density at radius 3 is 2.18 bits per heavy atom. The average Bonchev–Trinajstić information content (AvgIpc) is 2.81. The minimum atomic E-state index is -1.66. The Labute approximate surface area is 192 Å². The molecule has 0 fully saturated rings. The normalized spacial score (nSPS) is 10.5. The Balaban J connectivity index is 1.39. The van der Waals surface area contributed by atoms with Crippen LogP contribution in [0.15, 0.2) is 66.9 Å². The molecule has 0 radical (unpaired) electrons. The third-order valence-corrected chi connectivity index (χ3v) is 4.46. The van der Waals surface area contributed by atoms with Crippen molar-refractivity contribution in [3.05, 3.63) is 90.1 Å². The van der Waals surface area contributed by atoms with E-state index in [9.17, 15) is 18.0 Å². The maximum Gasteiger partial charge on any atom is 0.323 e. The fourth-order valence-corrected chi connectivity index (χ4v) is 2.96. The first-order valence-corrected chi connectivity index (χ1v) is 10.00. The number of amides is 2. The zero-order valence-corrected chi connectivity index (χ0v) is 17.7. The van der Waals surface area contributed by atoms with Gasteiger partial charge in [-0.3, -0.25) is 0 Å². The molecule has 4 N–H and O–H groups in total. The van der Waals surface area contributed by atoms with Gasteiger partial charge >= 0.3 is 6.03 Å². The van der Waals surface area contributed by atoms with E-state index >= 15 is 0 Å². The summed E-state index contributed by atoms with van der Waals surface area (Å²) in [6, 6.07) is 14.6. The van der Waals surface area contributed by atoms with Gasteiger partial charge in [0.15, 0.2) is 17.5 Å². The summed E-state index contributed by atoms with van der Waals surface area (Å²) in [5, 5.41) is 10.9. The monoisotopic (exact) mass is 465 g/mol. The molecule has 2 aromatic carbocycles. The maximum atomic E-state index is 13.7. The number of aromatic nitrogens is 3. The largest absolute Gasteiger partial charge is 0.340 e. The van der Waals surface area contributed by atoms with Crippen molar-refractivity contribution in [2.45, 2.75) is 6.92 Å². The molecule has 0 aliphatic heterocycles. The zero-order valence-electron chi connectivity index (χ0n) is 17.7. The van der Waals surface area contributed by atoms with Gasteiger partial charge in [0.1, 0.15) is 23.3 Å². The molecule has 0 unspecified atom stereocenters. The summed E-state index contributed by atoms with van der Waals surface area (Å²) in [7, 11) is 0. The van der Waals surface area contributed by atoms with Crippen LogP contribution in [0.4, 0.5) is 52.5 Å². The van der Waals surface area contributed by atoms with Crippen LogP contribution in [0.25, 0.3) is 0 Å². The second-order valence-electron chi connectivity index (χ2n) is 7.03. The van der Waals surface area contributed by atoms with Gasteiger partial charge in [-0.05, 0) is 55.5 Å². The van der Waals surface area contributed by atoms with Crippen LogP contribution in [0.2, 0.25) is 0 Å². The van der Waals surface area contributed by atoms with Crippen molar-refractivity contribution in [3.8, 4) is 0 Å². The number of nitrogens with zero attached hydrogens (tertiary/aromatic N) is 3. The van der Waals surface area contributed by atoms with Gasteiger partial charge in [0.2, 0.25) is 0 Å². The molecule has 0 atom stereocenters. The molecular formula is C23H18F3N7O. The zero-order chi connectivity index (χ0) is 24.1. The molecule has 0 spiro atoms. The number of nitrogens with one attached hydrogen (secondary N) is 4. The van der Waals surface area contributed by atoms with Gasteiger partial charge < -0.3 is 21.3 Å². The second-order valence-corrected chi connectivity index (χ2v) is 7.03. The molecule has 0 aliphatic carbocycles. The number of benzene rings is 2. The smallest absolute Gasteiger partial charge is 0.323 e. The van der Waals surface area contributed by atoms with Crippen LogP contribution >= 0.6 is 0 Å². The molecule has 0 aliphatic rings. The average molecular weight is 465 g/mol. The number of pyridine rings is 1. The van der Waals surface area contributed by atoms with E-state index in [-0.39, 0.29) is 0 Å². The van der Waals surface area contributed by atoms with E-state index in [0.29, 0.717) is 34.7 Å². The first kappa shape index (κ1) is 22.5. The van der Waals surface area contributed by atoms with Crippen LogP contribution in [0, 0.1) is 24.4 Å². The predicted octanol–water partition coefficient (Wildman–Crippen LogP) is 5.73. The second kappa shape index (κ2) is 9.86. The van der Waals surface area contributed by atoms with E-state index in [1.54, 1.807) is 43.5 Å². The van der Waals surface area contributed by atoms with Crippen LogP contribution in [-0.2, 0) is 0 Å². The summed E-state index contributed by atoms with van der Waals surface area (Å²) < 4.78 is 40.0. The van der Waals surface area contributed by atoms with Crippen LogP contribution in [-0.4, -0.2) is 21.0 Å². The summed E-state index contributed by atoms with van der Waals surface area (Å²) in [4.78, 5) is 25.0. The van der Waals surface area contributed by atoms with E-state index < -0.39 is 29.2 Å². The minimum absolute atomic E-state index is 0.391. The number of carbonyl (C=O) groups excluding carboxylic acids is 1. The number of hydrogen-bond acceptors (Lipinski definition) is 6. The van der Waals surface area contributed by atoms with Crippen LogP contribution in [0.1, 0.15) is 5.82 Å². The van der Waals surface area contributed by atoms with Crippen molar-refractivity contribution in [1.29, 1.82) is 0 Å². The summed E-state index contributed by atoms with van der Waals surface area (Å²) in [5.41, 5.74) is 0.589. The molecule has 2 aromatic heterocycles. The van der Waals surface area contributed by atoms with Gasteiger partial charge in [0, 0.05) is 23.6 Å². The topological polar surface area (TPSA) is 104 Å². The Kier molecular flexibility index (Phi) is 6.53. The Hall–Kier alpha value is -4.67. The van der Waals surface area contributed by atoms with Gasteiger partial charge in [-0.25, -0.2) is 32.9 Å². The molecular weight excluding hydrogens is 447 g/mol. The van der Waals surface area contributed by atoms with Gasteiger partial charge in [0.05, 0.1) is 5.69 Å². The molecule has 0 saturated heterocycles. The van der Waals surface area contributed by atoms with Crippen molar-refractivity contribution in [2.24, 2.45) is 0 Å². The number of urea groups is 1. The molecule has 34 heavy (non-hydrogen) atoms.